The molecule has 1 aliphatic rings. The number of aromatic nitrogens is 1. The lowest BCUT2D eigenvalue weighted by atomic mass is 10.1. The number of hydrogen-bond acceptors (Lipinski definition) is 4. The van der Waals surface area contributed by atoms with E-state index in [1.54, 1.807) is 18.2 Å². The lowest BCUT2D eigenvalue weighted by Crippen LogP contribution is -2.07. The number of allylic oxidation sites excluding steroid dienone is 1. The normalized spacial score (nSPS) is 14.4. The fourth-order valence-corrected chi connectivity index (χ4v) is 3.50. The summed E-state index contributed by atoms with van der Waals surface area (Å²) in [5.74, 6) is 1.12. The Morgan fingerprint density at radius 1 is 1.21 bits per heavy atom. The summed E-state index contributed by atoms with van der Waals surface area (Å²) in [5.41, 5.74) is 3.29. The summed E-state index contributed by atoms with van der Waals surface area (Å²) in [5, 5.41) is 1.08. The second kappa shape index (κ2) is 7.00. The molecule has 4 rings (SSSR count). The molecule has 5 heteroatoms. The van der Waals surface area contributed by atoms with Crippen LogP contribution < -0.4 is 9.47 Å². The molecule has 3 aromatic rings. The van der Waals surface area contributed by atoms with Crippen molar-refractivity contribution in [2.45, 2.75) is 27.3 Å². The highest BCUT2D eigenvalue weighted by atomic mass is 16.5. The van der Waals surface area contributed by atoms with Gasteiger partial charge in [-0.3, -0.25) is 9.59 Å². The molecule has 0 bridgehead atoms. The maximum absolute atomic E-state index is 12.8. The molecule has 0 fully saturated rings. The van der Waals surface area contributed by atoms with Crippen LogP contribution in [0.25, 0.3) is 17.0 Å². The van der Waals surface area contributed by atoms with Crippen LogP contribution in [0.5, 0.6) is 11.5 Å². The number of benzene rings is 2. The Kier molecular flexibility index (Phi) is 4.51. The van der Waals surface area contributed by atoms with E-state index < -0.39 is 0 Å². The van der Waals surface area contributed by atoms with E-state index in [0.29, 0.717) is 28.4 Å². The molecule has 2 heterocycles. The molecule has 0 radical (unpaired) electrons. The standard InChI is InChI=1S/C23H21NO4/c1-4-24-12-16(17-7-5-6-8-19(17)24)11-21-22(26)18-9-10-20(27-13-14(2)25)15(3)23(18)28-21/h5-12H,4,13H2,1-3H3. The van der Waals surface area contributed by atoms with Crippen molar-refractivity contribution in [2.75, 3.05) is 6.61 Å². The summed E-state index contributed by atoms with van der Waals surface area (Å²) in [6.07, 6.45) is 3.83. The molecule has 142 valence electrons. The van der Waals surface area contributed by atoms with E-state index in [-0.39, 0.29) is 18.2 Å². The number of aryl methyl sites for hydroxylation is 1. The van der Waals surface area contributed by atoms with Gasteiger partial charge in [0.15, 0.2) is 11.5 Å². The first-order chi connectivity index (χ1) is 13.5. The number of rotatable bonds is 5. The Morgan fingerprint density at radius 2 is 2.00 bits per heavy atom. The van der Waals surface area contributed by atoms with Gasteiger partial charge in [-0.15, -0.1) is 0 Å². The lowest BCUT2D eigenvalue weighted by molar-refractivity contribution is -0.118. The third kappa shape index (κ3) is 2.99. The average molecular weight is 375 g/mol. The van der Waals surface area contributed by atoms with E-state index in [4.69, 9.17) is 9.47 Å². The van der Waals surface area contributed by atoms with Gasteiger partial charge >= 0.3 is 0 Å². The first-order valence-electron chi connectivity index (χ1n) is 9.27. The molecule has 0 unspecified atom stereocenters. The monoisotopic (exact) mass is 375 g/mol. The number of ketones is 2. The van der Waals surface area contributed by atoms with Gasteiger partial charge in [0.2, 0.25) is 5.78 Å². The molecule has 1 aromatic heterocycles. The molecule has 0 spiro atoms. The molecule has 2 aromatic carbocycles. The molecule has 0 saturated heterocycles. The van der Waals surface area contributed by atoms with Crippen LogP contribution in [-0.2, 0) is 11.3 Å². The van der Waals surface area contributed by atoms with Gasteiger partial charge in [0, 0.05) is 34.8 Å². The first-order valence-corrected chi connectivity index (χ1v) is 9.27. The van der Waals surface area contributed by atoms with Crippen LogP contribution in [0.4, 0.5) is 0 Å². The van der Waals surface area contributed by atoms with Crippen molar-refractivity contribution >= 4 is 28.5 Å². The number of Topliss-reactive ketones (excluding diaryl/α,β-unsaturated/α-hetero) is 2. The van der Waals surface area contributed by atoms with Gasteiger partial charge in [0.05, 0.1) is 5.56 Å². The van der Waals surface area contributed by atoms with Crippen LogP contribution in [0, 0.1) is 6.92 Å². The summed E-state index contributed by atoms with van der Waals surface area (Å²) < 4.78 is 13.6. The van der Waals surface area contributed by atoms with Crippen molar-refractivity contribution < 1.29 is 19.1 Å². The number of ether oxygens (including phenoxy) is 2. The number of carbonyl (C=O) groups is 2. The minimum absolute atomic E-state index is 0.00715. The Hall–Kier alpha value is -3.34. The summed E-state index contributed by atoms with van der Waals surface area (Å²) in [4.78, 5) is 24.0. The maximum Gasteiger partial charge on any atom is 0.231 e. The molecule has 0 atom stereocenters. The number of hydrogen-bond donors (Lipinski definition) is 0. The quantitative estimate of drug-likeness (QED) is 0.614. The van der Waals surface area contributed by atoms with Gasteiger partial charge in [0.25, 0.3) is 0 Å². The van der Waals surface area contributed by atoms with Crippen molar-refractivity contribution in [1.29, 1.82) is 0 Å². The Labute approximate surface area is 163 Å². The van der Waals surface area contributed by atoms with Crippen molar-refractivity contribution in [2.24, 2.45) is 0 Å². The minimum atomic E-state index is -0.149. The van der Waals surface area contributed by atoms with E-state index in [1.165, 1.54) is 6.92 Å². The van der Waals surface area contributed by atoms with Crippen molar-refractivity contribution in [3.8, 4) is 11.5 Å². The Bertz CT molecular complexity index is 1140. The van der Waals surface area contributed by atoms with Crippen molar-refractivity contribution in [3.05, 3.63) is 65.0 Å². The molecule has 0 aliphatic carbocycles. The van der Waals surface area contributed by atoms with E-state index in [2.05, 4.69) is 17.6 Å². The summed E-state index contributed by atoms with van der Waals surface area (Å²) in [6.45, 7) is 6.22. The Balaban J connectivity index is 1.72. The second-order valence-electron chi connectivity index (χ2n) is 6.88. The third-order valence-electron chi connectivity index (χ3n) is 4.91. The molecule has 0 N–H and O–H groups in total. The topological polar surface area (TPSA) is 57.5 Å². The van der Waals surface area contributed by atoms with Gasteiger partial charge in [-0.2, -0.15) is 0 Å². The predicted molar refractivity (Wildman–Crippen MR) is 108 cm³/mol. The largest absolute Gasteiger partial charge is 0.485 e. The molecule has 0 amide bonds. The highest BCUT2D eigenvalue weighted by Gasteiger charge is 2.30. The zero-order chi connectivity index (χ0) is 19.8. The van der Waals surface area contributed by atoms with Crippen LogP contribution in [0.15, 0.2) is 48.4 Å². The smallest absolute Gasteiger partial charge is 0.231 e. The predicted octanol–water partition coefficient (Wildman–Crippen LogP) is 4.55. The first kappa shape index (κ1) is 18.0. The summed E-state index contributed by atoms with van der Waals surface area (Å²) in [6, 6.07) is 11.5. The molecular formula is C23H21NO4. The summed E-state index contributed by atoms with van der Waals surface area (Å²) in [7, 11) is 0. The molecule has 0 saturated carbocycles. The van der Waals surface area contributed by atoms with Crippen LogP contribution in [0.1, 0.15) is 35.3 Å². The molecule has 28 heavy (non-hydrogen) atoms. The van der Waals surface area contributed by atoms with Gasteiger partial charge in [-0.1, -0.05) is 18.2 Å². The average Bonchev–Trinajstić information content (AvgIpc) is 3.20. The molecule has 5 nitrogen and oxygen atoms in total. The van der Waals surface area contributed by atoms with Crippen LogP contribution in [0.3, 0.4) is 0 Å². The van der Waals surface area contributed by atoms with E-state index in [0.717, 1.165) is 23.0 Å². The summed E-state index contributed by atoms with van der Waals surface area (Å²) >= 11 is 0. The highest BCUT2D eigenvalue weighted by Crippen LogP contribution is 2.39. The SMILES string of the molecule is CCn1cc(C=C2Oc3c(ccc(OCC(C)=O)c3C)C2=O)c2ccccc21. The third-order valence-corrected chi connectivity index (χ3v) is 4.91. The number of fused-ring (bicyclic) bond motifs is 2. The maximum atomic E-state index is 12.8. The lowest BCUT2D eigenvalue weighted by Gasteiger charge is -2.10. The molecular weight excluding hydrogens is 354 g/mol. The Morgan fingerprint density at radius 3 is 2.75 bits per heavy atom. The van der Waals surface area contributed by atoms with E-state index >= 15 is 0 Å². The van der Waals surface area contributed by atoms with Gasteiger partial charge in [-0.25, -0.2) is 0 Å². The number of carbonyl (C=O) groups excluding carboxylic acids is 2. The number of nitrogens with zero attached hydrogens (tertiary/aromatic N) is 1. The van der Waals surface area contributed by atoms with E-state index in [1.807, 2.05) is 31.3 Å². The van der Waals surface area contributed by atoms with E-state index in [9.17, 15) is 9.59 Å². The van der Waals surface area contributed by atoms with Crippen molar-refractivity contribution in [1.82, 2.24) is 4.57 Å². The van der Waals surface area contributed by atoms with Crippen LogP contribution in [-0.4, -0.2) is 22.7 Å². The van der Waals surface area contributed by atoms with Gasteiger partial charge in [-0.05, 0) is 45.0 Å². The molecule has 1 aliphatic heterocycles. The van der Waals surface area contributed by atoms with Crippen LogP contribution >= 0.6 is 0 Å². The van der Waals surface area contributed by atoms with Gasteiger partial charge in [0.1, 0.15) is 18.1 Å². The fraction of sp³-hybridized carbons (Fsp3) is 0.217. The van der Waals surface area contributed by atoms with Gasteiger partial charge < -0.3 is 14.0 Å². The van der Waals surface area contributed by atoms with Crippen molar-refractivity contribution in [3.63, 3.8) is 0 Å². The van der Waals surface area contributed by atoms with Crippen LogP contribution in [0.2, 0.25) is 0 Å². The second-order valence-corrected chi connectivity index (χ2v) is 6.88. The zero-order valence-corrected chi connectivity index (χ0v) is 16.1. The number of para-hydroxylation sites is 1. The highest BCUT2D eigenvalue weighted by molar-refractivity contribution is 6.15. The fourth-order valence-electron chi connectivity index (χ4n) is 3.50. The zero-order valence-electron chi connectivity index (χ0n) is 16.1. The minimum Gasteiger partial charge on any atom is -0.485 e.